The van der Waals surface area contributed by atoms with Gasteiger partial charge in [0.05, 0.1) is 11.4 Å². The summed E-state index contributed by atoms with van der Waals surface area (Å²) in [6, 6.07) is 12.4. The van der Waals surface area contributed by atoms with E-state index in [-0.39, 0.29) is 0 Å². The van der Waals surface area contributed by atoms with Crippen molar-refractivity contribution in [2.45, 2.75) is 13.5 Å². The number of para-hydroxylation sites is 2. The van der Waals surface area contributed by atoms with Crippen LogP contribution < -0.4 is 9.80 Å². The first-order valence-electron chi connectivity index (χ1n) is 7.09. The summed E-state index contributed by atoms with van der Waals surface area (Å²) >= 11 is 3.52. The molecule has 1 aliphatic rings. The SMILES string of the molecule is Cc1cc(Br)cc(CN2CCN(C)c3ccccc32)c1O. The highest BCUT2D eigenvalue weighted by molar-refractivity contribution is 9.10. The summed E-state index contributed by atoms with van der Waals surface area (Å²) in [5, 5.41) is 10.3. The van der Waals surface area contributed by atoms with Gasteiger partial charge in [0.15, 0.2) is 0 Å². The van der Waals surface area contributed by atoms with Crippen molar-refractivity contribution in [3.8, 4) is 5.75 Å². The molecule has 2 aromatic carbocycles. The van der Waals surface area contributed by atoms with E-state index in [1.165, 1.54) is 11.4 Å². The number of rotatable bonds is 2. The van der Waals surface area contributed by atoms with Gasteiger partial charge in [0.1, 0.15) is 5.75 Å². The first-order chi connectivity index (χ1) is 10.1. The van der Waals surface area contributed by atoms with E-state index in [0.29, 0.717) is 5.75 Å². The first-order valence-corrected chi connectivity index (χ1v) is 7.88. The van der Waals surface area contributed by atoms with E-state index in [0.717, 1.165) is 35.2 Å². The fourth-order valence-electron chi connectivity index (χ4n) is 2.86. The number of hydrogen-bond donors (Lipinski definition) is 1. The zero-order valence-electron chi connectivity index (χ0n) is 12.3. The number of likely N-dealkylation sites (N-methyl/N-ethyl adjacent to an activating group) is 1. The summed E-state index contributed by atoms with van der Waals surface area (Å²) in [6.07, 6.45) is 0. The molecule has 0 amide bonds. The van der Waals surface area contributed by atoms with E-state index in [9.17, 15) is 5.11 Å². The predicted molar refractivity (Wildman–Crippen MR) is 91.3 cm³/mol. The minimum absolute atomic E-state index is 0.398. The van der Waals surface area contributed by atoms with Crippen molar-refractivity contribution in [2.24, 2.45) is 0 Å². The highest BCUT2D eigenvalue weighted by Crippen LogP contribution is 2.35. The number of phenols is 1. The van der Waals surface area contributed by atoms with Gasteiger partial charge in [-0.1, -0.05) is 28.1 Å². The molecule has 0 saturated carbocycles. The topological polar surface area (TPSA) is 26.7 Å². The van der Waals surface area contributed by atoms with Crippen LogP contribution in [0.1, 0.15) is 11.1 Å². The lowest BCUT2D eigenvalue weighted by Crippen LogP contribution is -2.38. The Morgan fingerprint density at radius 1 is 1.14 bits per heavy atom. The van der Waals surface area contributed by atoms with Crippen molar-refractivity contribution in [1.29, 1.82) is 0 Å². The van der Waals surface area contributed by atoms with E-state index < -0.39 is 0 Å². The Morgan fingerprint density at radius 3 is 2.62 bits per heavy atom. The molecule has 3 rings (SSSR count). The van der Waals surface area contributed by atoms with E-state index >= 15 is 0 Å². The predicted octanol–water partition coefficient (Wildman–Crippen LogP) is 3.92. The van der Waals surface area contributed by atoms with Crippen molar-refractivity contribution in [2.75, 3.05) is 29.9 Å². The number of phenolic OH excluding ortho intramolecular Hbond substituents is 1. The first kappa shape index (κ1) is 14.3. The number of nitrogens with zero attached hydrogens (tertiary/aromatic N) is 2. The molecule has 2 aromatic rings. The molecule has 0 fully saturated rings. The van der Waals surface area contributed by atoms with Crippen molar-refractivity contribution in [3.63, 3.8) is 0 Å². The Hall–Kier alpha value is -1.68. The van der Waals surface area contributed by atoms with Crippen LogP contribution in [0.15, 0.2) is 40.9 Å². The van der Waals surface area contributed by atoms with Gasteiger partial charge in [-0.25, -0.2) is 0 Å². The lowest BCUT2D eigenvalue weighted by Gasteiger charge is -2.37. The number of benzene rings is 2. The molecule has 1 aliphatic heterocycles. The summed E-state index contributed by atoms with van der Waals surface area (Å²) in [5.41, 5.74) is 4.33. The normalized spacial score (nSPS) is 14.2. The number of aromatic hydroxyl groups is 1. The number of halogens is 1. The number of hydrogen-bond acceptors (Lipinski definition) is 3. The average molecular weight is 347 g/mol. The lowest BCUT2D eigenvalue weighted by molar-refractivity contribution is 0.462. The van der Waals surface area contributed by atoms with E-state index in [4.69, 9.17) is 0 Å². The Kier molecular flexibility index (Phi) is 3.81. The van der Waals surface area contributed by atoms with Crippen molar-refractivity contribution < 1.29 is 5.11 Å². The molecule has 3 nitrogen and oxygen atoms in total. The second-order valence-electron chi connectivity index (χ2n) is 5.56. The van der Waals surface area contributed by atoms with Gasteiger partial charge in [0.25, 0.3) is 0 Å². The third kappa shape index (κ3) is 2.72. The van der Waals surface area contributed by atoms with Gasteiger partial charge in [0.2, 0.25) is 0 Å². The summed E-state index contributed by atoms with van der Waals surface area (Å²) < 4.78 is 1.01. The minimum atomic E-state index is 0.398. The monoisotopic (exact) mass is 346 g/mol. The quantitative estimate of drug-likeness (QED) is 0.892. The molecular formula is C17H19BrN2O. The Morgan fingerprint density at radius 2 is 1.86 bits per heavy atom. The molecule has 0 aliphatic carbocycles. The Bertz CT molecular complexity index is 672. The Balaban J connectivity index is 1.95. The fraction of sp³-hybridized carbons (Fsp3) is 0.294. The van der Waals surface area contributed by atoms with Crippen molar-refractivity contribution >= 4 is 27.3 Å². The Labute approximate surface area is 133 Å². The molecule has 0 spiro atoms. The molecule has 4 heteroatoms. The second-order valence-corrected chi connectivity index (χ2v) is 6.48. The van der Waals surface area contributed by atoms with Crippen LogP contribution in [0.4, 0.5) is 11.4 Å². The molecule has 0 aromatic heterocycles. The smallest absolute Gasteiger partial charge is 0.123 e. The summed E-state index contributed by atoms with van der Waals surface area (Å²) in [4.78, 5) is 4.61. The fourth-order valence-corrected chi connectivity index (χ4v) is 3.48. The maximum Gasteiger partial charge on any atom is 0.123 e. The molecule has 0 unspecified atom stereocenters. The third-order valence-corrected chi connectivity index (χ3v) is 4.50. The van der Waals surface area contributed by atoms with Gasteiger partial charge in [-0.15, -0.1) is 0 Å². The van der Waals surface area contributed by atoms with Gasteiger partial charge in [0, 0.05) is 36.7 Å². The van der Waals surface area contributed by atoms with Gasteiger partial charge in [-0.05, 0) is 36.8 Å². The maximum atomic E-state index is 10.3. The van der Waals surface area contributed by atoms with Crippen LogP contribution in [0.25, 0.3) is 0 Å². The zero-order chi connectivity index (χ0) is 15.0. The van der Waals surface area contributed by atoms with Gasteiger partial charge in [-0.3, -0.25) is 0 Å². The molecule has 1 N–H and O–H groups in total. The summed E-state index contributed by atoms with van der Waals surface area (Å²) in [7, 11) is 2.12. The molecule has 0 saturated heterocycles. The third-order valence-electron chi connectivity index (χ3n) is 4.04. The van der Waals surface area contributed by atoms with Crippen molar-refractivity contribution in [3.05, 3.63) is 52.0 Å². The van der Waals surface area contributed by atoms with Crippen LogP contribution in [-0.4, -0.2) is 25.2 Å². The van der Waals surface area contributed by atoms with Gasteiger partial charge < -0.3 is 14.9 Å². The van der Waals surface area contributed by atoms with E-state index in [1.54, 1.807) is 0 Å². The second kappa shape index (κ2) is 5.60. The largest absolute Gasteiger partial charge is 0.507 e. The number of anilines is 2. The minimum Gasteiger partial charge on any atom is -0.507 e. The van der Waals surface area contributed by atoms with Crippen LogP contribution in [0.2, 0.25) is 0 Å². The molecule has 0 radical (unpaired) electrons. The molecule has 0 bridgehead atoms. The van der Waals surface area contributed by atoms with Crippen molar-refractivity contribution in [1.82, 2.24) is 0 Å². The van der Waals surface area contributed by atoms with Crippen LogP contribution in [-0.2, 0) is 6.54 Å². The van der Waals surface area contributed by atoms with E-state index in [2.05, 4.69) is 57.0 Å². The zero-order valence-corrected chi connectivity index (χ0v) is 13.9. The standard InChI is InChI=1S/C17H19BrN2O/c1-12-9-14(18)10-13(17(12)21)11-20-8-7-19(2)15-5-3-4-6-16(15)20/h3-6,9-10,21H,7-8,11H2,1-2H3. The van der Waals surface area contributed by atoms with Crippen LogP contribution >= 0.6 is 15.9 Å². The lowest BCUT2D eigenvalue weighted by atomic mass is 10.1. The van der Waals surface area contributed by atoms with Crippen LogP contribution in [0.5, 0.6) is 5.75 Å². The van der Waals surface area contributed by atoms with Gasteiger partial charge >= 0.3 is 0 Å². The van der Waals surface area contributed by atoms with Crippen LogP contribution in [0, 0.1) is 6.92 Å². The number of aryl methyl sites for hydroxylation is 1. The molecule has 21 heavy (non-hydrogen) atoms. The highest BCUT2D eigenvalue weighted by Gasteiger charge is 2.21. The van der Waals surface area contributed by atoms with Gasteiger partial charge in [-0.2, -0.15) is 0 Å². The molecule has 1 heterocycles. The summed E-state index contributed by atoms with van der Waals surface area (Å²) in [5.74, 6) is 0.398. The average Bonchev–Trinajstić information content (AvgIpc) is 2.47. The number of fused-ring (bicyclic) bond motifs is 1. The summed E-state index contributed by atoms with van der Waals surface area (Å²) in [6.45, 7) is 4.60. The molecule has 110 valence electrons. The van der Waals surface area contributed by atoms with E-state index in [1.807, 2.05) is 19.1 Å². The molecular weight excluding hydrogens is 328 g/mol. The molecule has 0 atom stereocenters. The highest BCUT2D eigenvalue weighted by atomic mass is 79.9. The van der Waals surface area contributed by atoms with Crippen LogP contribution in [0.3, 0.4) is 0 Å². The maximum absolute atomic E-state index is 10.3.